The molecule has 0 aromatic heterocycles. The first-order chi connectivity index (χ1) is 17.0. The molecule has 0 spiro atoms. The number of carbonyl (C=O) groups is 2. The van der Waals surface area contributed by atoms with E-state index in [2.05, 4.69) is 25.7 Å². The van der Waals surface area contributed by atoms with Gasteiger partial charge in [-0.3, -0.25) is 9.59 Å². The monoisotopic (exact) mass is 510 g/mol. The second-order valence-electron chi connectivity index (χ2n) is 10.9. The molecule has 0 radical (unpaired) electrons. The van der Waals surface area contributed by atoms with Gasteiger partial charge in [0.1, 0.15) is 5.75 Å². The zero-order chi connectivity index (χ0) is 26.3. The third-order valence-corrected chi connectivity index (χ3v) is 8.51. The molecular weight excluding hydrogens is 473 g/mol. The van der Waals surface area contributed by atoms with Crippen LogP contribution < -0.4 is 4.74 Å². The Labute approximate surface area is 211 Å². The Hall–Kier alpha value is -2.29. The minimum atomic E-state index is -4.45. The van der Waals surface area contributed by atoms with Crippen LogP contribution in [0.1, 0.15) is 64.5 Å². The van der Waals surface area contributed by atoms with Gasteiger partial charge in [-0.1, -0.05) is 20.8 Å². The standard InChI is InChI=1S/C27H37F3N2O4/c1-5-35-24(33)22-9-11-31(14-18(22)4)21-8-10-26(13-21,17(2)3)25(34)32-15-19-12-20(27(28,29)30)6-7-23(19)36-16-32/h6-7,12,17-18,21-22H,5,8-11,13-16H2,1-4H3/t18-,21+,22+,26-/m0/s1. The Morgan fingerprint density at radius 3 is 2.64 bits per heavy atom. The van der Waals surface area contributed by atoms with Gasteiger partial charge in [-0.25, -0.2) is 0 Å². The summed E-state index contributed by atoms with van der Waals surface area (Å²) in [6, 6.07) is 3.67. The molecule has 200 valence electrons. The minimum Gasteiger partial charge on any atom is -0.473 e. The van der Waals surface area contributed by atoms with Crippen LogP contribution in [0, 0.1) is 23.2 Å². The summed E-state index contributed by atoms with van der Waals surface area (Å²) < 4.78 is 50.6. The molecule has 1 saturated carbocycles. The molecule has 0 unspecified atom stereocenters. The number of hydrogen-bond acceptors (Lipinski definition) is 5. The topological polar surface area (TPSA) is 59.1 Å². The number of esters is 1. The molecule has 0 bridgehead atoms. The average molecular weight is 511 g/mol. The summed E-state index contributed by atoms with van der Waals surface area (Å²) in [5, 5.41) is 0. The fraction of sp³-hybridized carbons (Fsp3) is 0.704. The van der Waals surface area contributed by atoms with Gasteiger partial charge in [0.05, 0.1) is 30.0 Å². The van der Waals surface area contributed by atoms with Crippen molar-refractivity contribution in [3.05, 3.63) is 29.3 Å². The van der Waals surface area contributed by atoms with Gasteiger partial charge in [-0.15, -0.1) is 0 Å². The number of rotatable bonds is 5. The molecule has 1 amide bonds. The van der Waals surface area contributed by atoms with Crippen LogP contribution in [0.2, 0.25) is 0 Å². The normalized spacial score (nSPS) is 29.1. The van der Waals surface area contributed by atoms with Crippen molar-refractivity contribution in [2.45, 2.75) is 72.1 Å². The van der Waals surface area contributed by atoms with Crippen LogP contribution in [0.15, 0.2) is 18.2 Å². The third-order valence-electron chi connectivity index (χ3n) is 8.51. The van der Waals surface area contributed by atoms with Crippen LogP contribution in [-0.4, -0.2) is 54.1 Å². The van der Waals surface area contributed by atoms with Crippen LogP contribution in [0.25, 0.3) is 0 Å². The van der Waals surface area contributed by atoms with Crippen molar-refractivity contribution in [1.29, 1.82) is 0 Å². The predicted octanol–water partition coefficient (Wildman–Crippen LogP) is 5.10. The summed E-state index contributed by atoms with van der Waals surface area (Å²) in [5.74, 6) is 0.392. The van der Waals surface area contributed by atoms with Gasteiger partial charge in [0.2, 0.25) is 5.91 Å². The Bertz CT molecular complexity index is 982. The molecule has 1 aromatic carbocycles. The number of halogens is 3. The number of nitrogens with zero attached hydrogens (tertiary/aromatic N) is 2. The van der Waals surface area contributed by atoms with E-state index in [-0.39, 0.29) is 48.9 Å². The summed E-state index contributed by atoms with van der Waals surface area (Å²) in [6.45, 7) is 10.1. The van der Waals surface area contributed by atoms with Gasteiger partial charge in [-0.2, -0.15) is 13.2 Å². The molecule has 2 fully saturated rings. The molecule has 1 saturated heterocycles. The Kier molecular flexibility index (Phi) is 7.60. The number of fused-ring (bicyclic) bond motifs is 1. The number of hydrogen-bond donors (Lipinski definition) is 0. The van der Waals surface area contributed by atoms with Gasteiger partial charge in [0, 0.05) is 18.2 Å². The average Bonchev–Trinajstić information content (AvgIpc) is 3.29. The second-order valence-corrected chi connectivity index (χ2v) is 10.9. The molecule has 2 heterocycles. The molecule has 4 rings (SSSR count). The molecule has 4 atom stereocenters. The van der Waals surface area contributed by atoms with E-state index < -0.39 is 17.2 Å². The zero-order valence-electron chi connectivity index (χ0n) is 21.6. The van der Waals surface area contributed by atoms with Crippen molar-refractivity contribution in [3.63, 3.8) is 0 Å². The van der Waals surface area contributed by atoms with E-state index in [1.165, 1.54) is 6.07 Å². The lowest BCUT2D eigenvalue weighted by Crippen LogP contribution is -2.50. The van der Waals surface area contributed by atoms with E-state index >= 15 is 0 Å². The Morgan fingerprint density at radius 2 is 2.00 bits per heavy atom. The second kappa shape index (κ2) is 10.2. The fourth-order valence-corrected chi connectivity index (χ4v) is 6.30. The number of carbonyl (C=O) groups excluding carboxylic acids is 2. The first-order valence-corrected chi connectivity index (χ1v) is 13.0. The fourth-order valence-electron chi connectivity index (χ4n) is 6.30. The summed E-state index contributed by atoms with van der Waals surface area (Å²) >= 11 is 0. The van der Waals surface area contributed by atoms with Crippen LogP contribution in [0.4, 0.5) is 13.2 Å². The maximum atomic E-state index is 13.9. The maximum absolute atomic E-state index is 13.9. The van der Waals surface area contributed by atoms with Crippen LogP contribution >= 0.6 is 0 Å². The number of alkyl halides is 3. The predicted molar refractivity (Wildman–Crippen MR) is 128 cm³/mol. The van der Waals surface area contributed by atoms with Crippen molar-refractivity contribution in [1.82, 2.24) is 9.80 Å². The van der Waals surface area contributed by atoms with Crippen molar-refractivity contribution in [2.75, 3.05) is 26.4 Å². The van der Waals surface area contributed by atoms with Gasteiger partial charge >= 0.3 is 12.1 Å². The maximum Gasteiger partial charge on any atom is 0.416 e. The molecule has 6 nitrogen and oxygen atoms in total. The van der Waals surface area contributed by atoms with E-state index in [9.17, 15) is 22.8 Å². The van der Waals surface area contributed by atoms with E-state index in [1.54, 1.807) is 4.90 Å². The van der Waals surface area contributed by atoms with Gasteiger partial charge in [0.25, 0.3) is 0 Å². The van der Waals surface area contributed by atoms with Crippen molar-refractivity contribution in [3.8, 4) is 5.75 Å². The van der Waals surface area contributed by atoms with E-state index in [0.717, 1.165) is 44.5 Å². The lowest BCUT2D eigenvalue weighted by molar-refractivity contribution is -0.152. The third kappa shape index (κ3) is 5.08. The van der Waals surface area contributed by atoms with Crippen molar-refractivity contribution < 1.29 is 32.2 Å². The largest absolute Gasteiger partial charge is 0.473 e. The summed E-state index contributed by atoms with van der Waals surface area (Å²) in [4.78, 5) is 30.2. The lowest BCUT2D eigenvalue weighted by atomic mass is 9.74. The molecule has 9 heteroatoms. The molecule has 36 heavy (non-hydrogen) atoms. The summed E-state index contributed by atoms with van der Waals surface area (Å²) in [5.41, 5.74) is -0.944. The number of amides is 1. The van der Waals surface area contributed by atoms with Crippen LogP contribution in [-0.2, 0) is 27.0 Å². The molecule has 1 aliphatic carbocycles. The Balaban J connectivity index is 1.46. The highest BCUT2D eigenvalue weighted by Gasteiger charge is 2.51. The summed E-state index contributed by atoms with van der Waals surface area (Å²) in [7, 11) is 0. The quantitative estimate of drug-likeness (QED) is 0.516. The number of piperidine rings is 1. The van der Waals surface area contributed by atoms with Gasteiger partial charge in [-0.05, 0) is 69.2 Å². The smallest absolute Gasteiger partial charge is 0.416 e. The first kappa shape index (κ1) is 26.8. The molecule has 2 aliphatic heterocycles. The SMILES string of the molecule is CCOC(=O)[C@@H]1CCN([C@@H]2CC[C@@](C(=O)N3COc4ccc(C(F)(F)F)cc4C3)(C(C)C)C2)C[C@@H]1C. The zero-order valence-corrected chi connectivity index (χ0v) is 21.6. The molecule has 3 aliphatic rings. The number of benzene rings is 1. The van der Waals surface area contributed by atoms with E-state index in [1.807, 2.05) is 6.92 Å². The first-order valence-electron chi connectivity index (χ1n) is 13.0. The van der Waals surface area contributed by atoms with Crippen molar-refractivity contribution >= 4 is 11.9 Å². The lowest BCUT2D eigenvalue weighted by Gasteiger charge is -2.42. The van der Waals surface area contributed by atoms with Gasteiger partial charge in [0.15, 0.2) is 6.73 Å². The molecule has 1 aromatic rings. The van der Waals surface area contributed by atoms with Gasteiger partial charge < -0.3 is 19.3 Å². The number of ether oxygens (including phenoxy) is 2. The van der Waals surface area contributed by atoms with E-state index in [0.29, 0.717) is 24.3 Å². The summed E-state index contributed by atoms with van der Waals surface area (Å²) in [6.07, 6.45) is -1.39. The Morgan fingerprint density at radius 1 is 1.25 bits per heavy atom. The highest BCUT2D eigenvalue weighted by molar-refractivity contribution is 5.83. The molecular formula is C27H37F3N2O4. The van der Waals surface area contributed by atoms with E-state index in [4.69, 9.17) is 9.47 Å². The highest BCUT2D eigenvalue weighted by atomic mass is 19.4. The number of likely N-dealkylation sites (tertiary alicyclic amines) is 1. The highest BCUT2D eigenvalue weighted by Crippen LogP contribution is 2.49. The van der Waals surface area contributed by atoms with Crippen molar-refractivity contribution in [2.24, 2.45) is 23.2 Å². The van der Waals surface area contributed by atoms with Crippen LogP contribution in [0.5, 0.6) is 5.75 Å². The minimum absolute atomic E-state index is 0.0400. The van der Waals surface area contributed by atoms with Crippen LogP contribution in [0.3, 0.4) is 0 Å². The molecule has 0 N–H and O–H groups in total.